The second-order valence-electron chi connectivity index (χ2n) is 24.7. The molecular formula is C71H135NO8. The molecule has 9 heteroatoms. The van der Waals surface area contributed by atoms with Gasteiger partial charge in [-0.05, 0) is 57.8 Å². The topological polar surface area (TPSA) is 149 Å². The van der Waals surface area contributed by atoms with E-state index in [0.29, 0.717) is 6.42 Å². The third-order valence-electron chi connectivity index (χ3n) is 16.9. The monoisotopic (exact) mass is 1130 g/mol. The van der Waals surface area contributed by atoms with Crippen molar-refractivity contribution >= 4 is 5.91 Å². The maximum absolute atomic E-state index is 13.1. The fraction of sp³-hybridized carbons (Fsp3) is 0.901. The highest BCUT2D eigenvalue weighted by atomic mass is 16.7. The Hall–Kier alpha value is -1.59. The zero-order chi connectivity index (χ0) is 57.9. The molecular weight excluding hydrogens is 995 g/mol. The van der Waals surface area contributed by atoms with E-state index in [1.54, 1.807) is 6.08 Å². The molecule has 0 saturated carbocycles. The molecule has 472 valence electrons. The van der Waals surface area contributed by atoms with E-state index in [0.717, 1.165) is 38.5 Å². The van der Waals surface area contributed by atoms with E-state index in [9.17, 15) is 30.3 Å². The summed E-state index contributed by atoms with van der Waals surface area (Å²) in [5.41, 5.74) is 0. The number of carbonyl (C=O) groups excluding carboxylic acids is 1. The van der Waals surface area contributed by atoms with Crippen LogP contribution in [0.4, 0.5) is 0 Å². The molecule has 7 atom stereocenters. The first kappa shape index (κ1) is 76.4. The van der Waals surface area contributed by atoms with Gasteiger partial charge in [0.1, 0.15) is 24.4 Å². The molecule has 0 radical (unpaired) electrons. The van der Waals surface area contributed by atoms with Gasteiger partial charge in [0.25, 0.3) is 0 Å². The number of amides is 1. The predicted molar refractivity (Wildman–Crippen MR) is 341 cm³/mol. The summed E-state index contributed by atoms with van der Waals surface area (Å²) < 4.78 is 11.3. The fourth-order valence-electron chi connectivity index (χ4n) is 11.4. The molecule has 1 aliphatic rings. The number of ether oxygens (including phenoxy) is 2. The van der Waals surface area contributed by atoms with Crippen LogP contribution in [-0.2, 0) is 14.3 Å². The summed E-state index contributed by atoms with van der Waals surface area (Å²) in [5.74, 6) is -0.181. The molecule has 6 N–H and O–H groups in total. The van der Waals surface area contributed by atoms with Crippen LogP contribution in [0.5, 0.6) is 0 Å². The first-order valence-corrected chi connectivity index (χ1v) is 35.2. The van der Waals surface area contributed by atoms with Gasteiger partial charge in [-0.2, -0.15) is 0 Å². The molecule has 80 heavy (non-hydrogen) atoms. The van der Waals surface area contributed by atoms with Crippen LogP contribution >= 0.6 is 0 Å². The molecule has 0 aromatic heterocycles. The molecule has 0 aliphatic carbocycles. The molecule has 1 fully saturated rings. The van der Waals surface area contributed by atoms with Crippen LogP contribution in [0.2, 0.25) is 0 Å². The Morgan fingerprint density at radius 1 is 0.412 bits per heavy atom. The maximum atomic E-state index is 13.1. The Morgan fingerprint density at radius 3 is 1.05 bits per heavy atom. The van der Waals surface area contributed by atoms with Crippen molar-refractivity contribution < 1.29 is 39.8 Å². The lowest BCUT2D eigenvalue weighted by atomic mass is 9.99. The first-order valence-electron chi connectivity index (χ1n) is 35.2. The van der Waals surface area contributed by atoms with E-state index in [1.807, 2.05) is 6.08 Å². The molecule has 1 amide bonds. The molecule has 1 saturated heterocycles. The Labute approximate surface area is 495 Å². The normalized spacial score (nSPS) is 18.6. The van der Waals surface area contributed by atoms with Gasteiger partial charge >= 0.3 is 0 Å². The van der Waals surface area contributed by atoms with Crippen molar-refractivity contribution in [1.82, 2.24) is 5.32 Å². The lowest BCUT2D eigenvalue weighted by molar-refractivity contribution is -0.302. The quantitative estimate of drug-likeness (QED) is 0.0261. The van der Waals surface area contributed by atoms with Gasteiger partial charge in [0.2, 0.25) is 5.91 Å². The molecule has 1 heterocycles. The maximum Gasteiger partial charge on any atom is 0.220 e. The van der Waals surface area contributed by atoms with Gasteiger partial charge in [-0.1, -0.05) is 326 Å². The van der Waals surface area contributed by atoms with E-state index in [-0.39, 0.29) is 12.5 Å². The van der Waals surface area contributed by atoms with Crippen molar-refractivity contribution in [2.45, 2.75) is 397 Å². The molecule has 0 spiro atoms. The number of hydrogen-bond donors (Lipinski definition) is 6. The van der Waals surface area contributed by atoms with Gasteiger partial charge in [-0.15, -0.1) is 0 Å². The van der Waals surface area contributed by atoms with Crippen LogP contribution in [0.15, 0.2) is 36.5 Å². The van der Waals surface area contributed by atoms with Crippen LogP contribution in [0.1, 0.15) is 354 Å². The highest BCUT2D eigenvalue weighted by Gasteiger charge is 2.44. The summed E-state index contributed by atoms with van der Waals surface area (Å²) >= 11 is 0. The average Bonchev–Trinajstić information content (AvgIpc) is 3.46. The van der Waals surface area contributed by atoms with Crippen LogP contribution < -0.4 is 5.32 Å². The van der Waals surface area contributed by atoms with Crippen LogP contribution in [0.25, 0.3) is 0 Å². The number of unbranched alkanes of at least 4 members (excludes halogenated alkanes) is 48. The number of hydrogen-bond acceptors (Lipinski definition) is 8. The zero-order valence-corrected chi connectivity index (χ0v) is 52.9. The van der Waals surface area contributed by atoms with E-state index in [2.05, 4.69) is 43.5 Å². The largest absolute Gasteiger partial charge is 0.394 e. The number of allylic oxidation sites excluding steroid dienone is 5. The Kier molecular flexibility index (Phi) is 57.8. The van der Waals surface area contributed by atoms with E-state index < -0.39 is 49.5 Å². The molecule has 7 unspecified atom stereocenters. The Morgan fingerprint density at radius 2 is 0.713 bits per heavy atom. The van der Waals surface area contributed by atoms with Gasteiger partial charge in [0.15, 0.2) is 6.29 Å². The molecule has 0 aromatic rings. The average molecular weight is 1130 g/mol. The summed E-state index contributed by atoms with van der Waals surface area (Å²) in [6.07, 6.45) is 74.0. The fourth-order valence-corrected chi connectivity index (χ4v) is 11.4. The second-order valence-corrected chi connectivity index (χ2v) is 24.7. The van der Waals surface area contributed by atoms with Crippen molar-refractivity contribution in [3.8, 4) is 0 Å². The summed E-state index contributed by atoms with van der Waals surface area (Å²) in [4.78, 5) is 13.1. The smallest absolute Gasteiger partial charge is 0.220 e. The van der Waals surface area contributed by atoms with E-state index >= 15 is 0 Å². The van der Waals surface area contributed by atoms with Gasteiger partial charge in [0, 0.05) is 6.42 Å². The van der Waals surface area contributed by atoms with Crippen molar-refractivity contribution in [3.05, 3.63) is 36.5 Å². The van der Waals surface area contributed by atoms with Gasteiger partial charge in [-0.25, -0.2) is 0 Å². The number of aliphatic hydroxyl groups excluding tert-OH is 5. The third-order valence-corrected chi connectivity index (χ3v) is 16.9. The lowest BCUT2D eigenvalue weighted by Gasteiger charge is -2.40. The Bertz CT molecular complexity index is 1360. The number of aliphatic hydroxyl groups is 5. The van der Waals surface area contributed by atoms with Crippen molar-refractivity contribution in [2.75, 3.05) is 13.2 Å². The van der Waals surface area contributed by atoms with E-state index in [1.165, 1.54) is 295 Å². The van der Waals surface area contributed by atoms with Gasteiger partial charge in [-0.3, -0.25) is 4.79 Å². The van der Waals surface area contributed by atoms with Gasteiger partial charge < -0.3 is 40.3 Å². The summed E-state index contributed by atoms with van der Waals surface area (Å²) in [7, 11) is 0. The van der Waals surface area contributed by atoms with Crippen LogP contribution in [0.3, 0.4) is 0 Å². The van der Waals surface area contributed by atoms with E-state index in [4.69, 9.17) is 9.47 Å². The minimum atomic E-state index is -1.57. The number of nitrogens with one attached hydrogen (secondary N) is 1. The summed E-state index contributed by atoms with van der Waals surface area (Å²) in [6, 6.07) is -0.823. The minimum absolute atomic E-state index is 0.181. The minimum Gasteiger partial charge on any atom is -0.394 e. The predicted octanol–water partition coefficient (Wildman–Crippen LogP) is 19.0. The number of rotatable bonds is 62. The number of carbonyl (C=O) groups is 1. The molecule has 0 bridgehead atoms. The third kappa shape index (κ3) is 48.7. The molecule has 1 aliphatic heterocycles. The lowest BCUT2D eigenvalue weighted by Crippen LogP contribution is -2.60. The van der Waals surface area contributed by atoms with Crippen molar-refractivity contribution in [3.63, 3.8) is 0 Å². The molecule has 9 nitrogen and oxygen atoms in total. The standard InChI is InChI=1S/C71H135NO8/c1-3-5-7-9-11-13-15-17-19-21-23-25-27-29-30-31-32-33-34-35-37-38-40-42-44-46-48-50-52-54-56-58-60-65(74)64(63-79-71-70(78)69(77)68(76)66(62-73)80-71)72-67(75)61-59-57-55-53-51-49-47-45-43-41-39-36-28-26-24-22-20-18-16-14-12-10-8-6-4-2/h22,24,50,52,58,60,64-66,68-71,73-74,76-78H,3-21,23,25-49,51,53-57,59,61-63H2,1-2H3,(H,72,75)/b24-22-,52-50+,60-58+. The molecule has 1 rings (SSSR count). The molecule has 0 aromatic carbocycles. The highest BCUT2D eigenvalue weighted by Crippen LogP contribution is 2.23. The summed E-state index contributed by atoms with van der Waals surface area (Å²) in [6.45, 7) is 3.82. The van der Waals surface area contributed by atoms with Crippen molar-refractivity contribution in [1.29, 1.82) is 0 Å². The second kappa shape index (κ2) is 60.5. The van der Waals surface area contributed by atoms with Crippen LogP contribution in [0, 0.1) is 0 Å². The first-order chi connectivity index (χ1) is 39.3. The highest BCUT2D eigenvalue weighted by molar-refractivity contribution is 5.76. The summed E-state index contributed by atoms with van der Waals surface area (Å²) in [5, 5.41) is 54.7. The van der Waals surface area contributed by atoms with Crippen molar-refractivity contribution in [2.24, 2.45) is 0 Å². The SMILES string of the molecule is CCCCCCCCCC/C=C\CCCCCCCCCCCCCCCC(=O)NC(COC1OC(CO)C(O)C(O)C1O)C(O)/C=C/CC/C=C/CCCCCCCCCCCCCCCCCCCCCCCCCCCC. The van der Waals surface area contributed by atoms with Gasteiger partial charge in [0.05, 0.1) is 25.4 Å². The zero-order valence-electron chi connectivity index (χ0n) is 52.9. The Balaban J connectivity index is 2.14. The van der Waals surface area contributed by atoms with Crippen LogP contribution in [-0.4, -0.2) is 87.5 Å².